The number of amides is 1. The summed E-state index contributed by atoms with van der Waals surface area (Å²) < 4.78 is 31.2. The average molecular weight is 373 g/mol. The number of sulfonamides is 1. The van der Waals surface area contributed by atoms with Crippen LogP contribution in [0.25, 0.3) is 0 Å². The van der Waals surface area contributed by atoms with Crippen LogP contribution >= 0.6 is 0 Å². The Labute approximate surface area is 147 Å². The molecule has 0 aromatic heterocycles. The second-order valence-corrected chi connectivity index (χ2v) is 7.47. The highest BCUT2D eigenvalue weighted by Gasteiger charge is 2.25. The molecule has 0 aliphatic heterocycles. The van der Waals surface area contributed by atoms with Crippen LogP contribution in [0.1, 0.15) is 31.7 Å². The largest absolute Gasteiger partial charge is 0.369 e. The summed E-state index contributed by atoms with van der Waals surface area (Å²) in [6, 6.07) is 5.33. The average Bonchev–Trinajstić information content (AvgIpc) is 2.53. The number of hydrogen-bond donors (Lipinski definition) is 1. The number of ether oxygens (including phenoxy) is 1. The molecule has 0 saturated carbocycles. The summed E-state index contributed by atoms with van der Waals surface area (Å²) in [4.78, 5) is 21.3. The molecule has 2 N–H and O–H groups in total. The first-order valence-corrected chi connectivity index (χ1v) is 9.44. The predicted octanol–water partition coefficient (Wildman–Crippen LogP) is 1.38. The number of nitrogens with zero attached hydrogens (tertiary/aromatic N) is 2. The molecule has 1 rings (SSSR count). The van der Waals surface area contributed by atoms with E-state index in [9.17, 15) is 23.3 Å². The number of benzene rings is 1. The first kappa shape index (κ1) is 21.0. The van der Waals surface area contributed by atoms with Crippen molar-refractivity contribution < 1.29 is 22.9 Å². The van der Waals surface area contributed by atoms with Crippen molar-refractivity contribution in [1.29, 1.82) is 0 Å². The molecule has 0 saturated heterocycles. The third kappa shape index (κ3) is 7.59. The van der Waals surface area contributed by atoms with Gasteiger partial charge in [0.25, 0.3) is 5.69 Å². The van der Waals surface area contributed by atoms with Crippen LogP contribution in [-0.2, 0) is 25.3 Å². The maximum absolute atomic E-state index is 12.5. The van der Waals surface area contributed by atoms with E-state index in [0.717, 1.165) is 23.6 Å². The van der Waals surface area contributed by atoms with E-state index in [1.54, 1.807) is 0 Å². The number of carbonyl (C=O) groups excluding carboxylic acids is 1. The molecular weight excluding hydrogens is 350 g/mol. The van der Waals surface area contributed by atoms with Crippen LogP contribution in [0, 0.1) is 10.1 Å². The first-order chi connectivity index (χ1) is 11.8. The summed E-state index contributed by atoms with van der Waals surface area (Å²) in [5.41, 5.74) is 5.15. The van der Waals surface area contributed by atoms with E-state index in [1.807, 2.05) is 6.92 Å². The third-order valence-corrected chi connectivity index (χ3v) is 5.04. The van der Waals surface area contributed by atoms with Gasteiger partial charge in [0.1, 0.15) is 6.73 Å². The highest BCUT2D eigenvalue weighted by atomic mass is 32.2. The topological polar surface area (TPSA) is 133 Å². The van der Waals surface area contributed by atoms with Crippen molar-refractivity contribution in [3.8, 4) is 0 Å². The molecule has 1 aromatic carbocycles. The normalized spacial score (nSPS) is 11.6. The number of carbonyl (C=O) groups is 1. The number of primary amides is 1. The molecule has 25 heavy (non-hydrogen) atoms. The van der Waals surface area contributed by atoms with Gasteiger partial charge in [-0.25, -0.2) is 8.42 Å². The molecule has 140 valence electrons. The highest BCUT2D eigenvalue weighted by Crippen LogP contribution is 2.17. The highest BCUT2D eigenvalue weighted by molar-refractivity contribution is 7.88. The Bertz CT molecular complexity index is 692. The van der Waals surface area contributed by atoms with E-state index in [1.165, 1.54) is 24.3 Å². The number of nitro groups is 1. The molecule has 0 aliphatic rings. The van der Waals surface area contributed by atoms with E-state index < -0.39 is 33.2 Å². The van der Waals surface area contributed by atoms with Crippen LogP contribution in [0.4, 0.5) is 5.69 Å². The Morgan fingerprint density at radius 3 is 2.68 bits per heavy atom. The first-order valence-electron chi connectivity index (χ1n) is 7.83. The van der Waals surface area contributed by atoms with E-state index in [-0.39, 0.29) is 18.0 Å². The second-order valence-electron chi connectivity index (χ2n) is 5.50. The number of nitrogens with two attached hydrogens (primary N) is 1. The van der Waals surface area contributed by atoms with Crippen molar-refractivity contribution in [3.63, 3.8) is 0 Å². The molecular formula is C15H23N3O6S. The Balaban J connectivity index is 2.82. The van der Waals surface area contributed by atoms with E-state index in [2.05, 4.69) is 0 Å². The Kier molecular flexibility index (Phi) is 8.46. The molecule has 0 spiro atoms. The second kappa shape index (κ2) is 10.1. The third-order valence-electron chi connectivity index (χ3n) is 3.32. The summed E-state index contributed by atoms with van der Waals surface area (Å²) in [5.74, 6) is -1.29. The van der Waals surface area contributed by atoms with Gasteiger partial charge in [-0.2, -0.15) is 4.31 Å². The minimum absolute atomic E-state index is 0.204. The van der Waals surface area contributed by atoms with Crippen LogP contribution in [0.5, 0.6) is 0 Å². The lowest BCUT2D eigenvalue weighted by Crippen LogP contribution is -2.40. The fourth-order valence-electron chi connectivity index (χ4n) is 2.08. The van der Waals surface area contributed by atoms with E-state index >= 15 is 0 Å². The quantitative estimate of drug-likeness (QED) is 0.255. The smallest absolute Gasteiger partial charge is 0.269 e. The predicted molar refractivity (Wildman–Crippen MR) is 92.0 cm³/mol. The van der Waals surface area contributed by atoms with Crippen molar-refractivity contribution in [2.75, 3.05) is 19.9 Å². The summed E-state index contributed by atoms with van der Waals surface area (Å²) >= 11 is 0. The van der Waals surface area contributed by atoms with Gasteiger partial charge < -0.3 is 10.5 Å². The van der Waals surface area contributed by atoms with Gasteiger partial charge in [0.05, 0.1) is 17.2 Å². The number of hydrogen-bond acceptors (Lipinski definition) is 6. The van der Waals surface area contributed by atoms with Gasteiger partial charge in [-0.3, -0.25) is 14.9 Å². The SMILES string of the molecule is CCCCCOCN(CC(N)=O)S(=O)(=O)Cc1cccc([N+](=O)[O-])c1. The number of rotatable bonds is 12. The van der Waals surface area contributed by atoms with Crippen LogP contribution < -0.4 is 5.73 Å². The molecule has 0 unspecified atom stereocenters. The van der Waals surface area contributed by atoms with Crippen molar-refractivity contribution in [3.05, 3.63) is 39.9 Å². The Hall–Kier alpha value is -2.04. The van der Waals surface area contributed by atoms with Gasteiger partial charge in [-0.1, -0.05) is 31.9 Å². The van der Waals surface area contributed by atoms with Gasteiger partial charge in [0, 0.05) is 18.7 Å². The minimum atomic E-state index is -3.92. The zero-order chi connectivity index (χ0) is 18.9. The lowest BCUT2D eigenvalue weighted by molar-refractivity contribution is -0.384. The Morgan fingerprint density at radius 2 is 2.08 bits per heavy atom. The molecule has 1 aromatic rings. The number of nitro benzene ring substituents is 1. The van der Waals surface area contributed by atoms with E-state index in [0.29, 0.717) is 6.61 Å². The molecule has 0 atom stereocenters. The van der Waals surface area contributed by atoms with Crippen LogP contribution in [0.3, 0.4) is 0 Å². The van der Waals surface area contributed by atoms with Crippen LogP contribution in [-0.4, -0.2) is 43.4 Å². The van der Waals surface area contributed by atoms with Gasteiger partial charge >= 0.3 is 0 Å². The monoisotopic (exact) mass is 373 g/mol. The number of unbranched alkanes of at least 4 members (excludes halogenated alkanes) is 2. The molecule has 0 bridgehead atoms. The van der Waals surface area contributed by atoms with Gasteiger partial charge in [-0.05, 0) is 12.0 Å². The van der Waals surface area contributed by atoms with E-state index in [4.69, 9.17) is 10.5 Å². The fraction of sp³-hybridized carbons (Fsp3) is 0.533. The Morgan fingerprint density at radius 1 is 1.36 bits per heavy atom. The summed E-state index contributed by atoms with van der Waals surface area (Å²) in [6.07, 6.45) is 2.74. The summed E-state index contributed by atoms with van der Waals surface area (Å²) in [5, 5.41) is 10.8. The van der Waals surface area contributed by atoms with Gasteiger partial charge in [0.15, 0.2) is 0 Å². The van der Waals surface area contributed by atoms with Crippen molar-refractivity contribution in [1.82, 2.24) is 4.31 Å². The molecule has 10 heteroatoms. The lowest BCUT2D eigenvalue weighted by Gasteiger charge is -2.20. The van der Waals surface area contributed by atoms with Crippen molar-refractivity contribution >= 4 is 21.6 Å². The molecule has 9 nitrogen and oxygen atoms in total. The number of non-ortho nitro benzene ring substituents is 1. The van der Waals surface area contributed by atoms with Gasteiger partial charge in [-0.15, -0.1) is 0 Å². The summed E-state index contributed by atoms with van der Waals surface area (Å²) in [6.45, 7) is 1.60. The minimum Gasteiger partial charge on any atom is -0.369 e. The molecule has 0 fully saturated rings. The molecule has 1 amide bonds. The fourth-order valence-corrected chi connectivity index (χ4v) is 3.42. The standard InChI is InChI=1S/C15H23N3O6S/c1-2-3-4-8-24-12-17(10-15(16)19)25(22,23)11-13-6-5-7-14(9-13)18(20)21/h5-7,9H,2-4,8,10-12H2,1H3,(H2,16,19). The van der Waals surface area contributed by atoms with Crippen molar-refractivity contribution in [2.24, 2.45) is 5.73 Å². The zero-order valence-corrected chi connectivity index (χ0v) is 14.9. The van der Waals surface area contributed by atoms with Crippen molar-refractivity contribution in [2.45, 2.75) is 31.9 Å². The molecule has 0 heterocycles. The maximum atomic E-state index is 12.5. The van der Waals surface area contributed by atoms with Crippen LogP contribution in [0.2, 0.25) is 0 Å². The zero-order valence-electron chi connectivity index (χ0n) is 14.1. The molecule has 0 aliphatic carbocycles. The summed E-state index contributed by atoms with van der Waals surface area (Å²) in [7, 11) is -3.92. The maximum Gasteiger partial charge on any atom is 0.269 e. The van der Waals surface area contributed by atoms with Crippen LogP contribution in [0.15, 0.2) is 24.3 Å². The lowest BCUT2D eigenvalue weighted by atomic mass is 10.2. The molecule has 0 radical (unpaired) electrons. The van der Waals surface area contributed by atoms with Gasteiger partial charge in [0.2, 0.25) is 15.9 Å².